The van der Waals surface area contributed by atoms with Crippen molar-refractivity contribution in [3.8, 4) is 6.07 Å². The highest BCUT2D eigenvalue weighted by Crippen LogP contribution is 2.16. The zero-order valence-electron chi connectivity index (χ0n) is 15.8. The standard InChI is InChI=1S/C19H28FN5.HI/c1-4-22-19(25-10-9-17(14-25)24(5-2)6-3)23-13-16-8-7-15(12-21)11-18(16)20;/h7-8,11,17H,4-6,9-10,13-14H2,1-3H3,(H,22,23);1H. The summed E-state index contributed by atoms with van der Waals surface area (Å²) < 4.78 is 14.0. The lowest BCUT2D eigenvalue weighted by molar-refractivity contribution is 0.223. The molecule has 1 unspecified atom stereocenters. The first-order valence-corrected chi connectivity index (χ1v) is 9.08. The van der Waals surface area contributed by atoms with Gasteiger partial charge in [0.15, 0.2) is 5.96 Å². The number of aliphatic imine (C=N–C) groups is 1. The first-order valence-electron chi connectivity index (χ1n) is 9.08. The van der Waals surface area contributed by atoms with Crippen molar-refractivity contribution in [1.82, 2.24) is 15.1 Å². The van der Waals surface area contributed by atoms with Crippen LogP contribution in [0.2, 0.25) is 0 Å². The molecule has 0 radical (unpaired) electrons. The number of nitriles is 1. The minimum atomic E-state index is -0.374. The van der Waals surface area contributed by atoms with Crippen molar-refractivity contribution in [3.63, 3.8) is 0 Å². The third kappa shape index (κ3) is 5.81. The summed E-state index contributed by atoms with van der Waals surface area (Å²) >= 11 is 0. The lowest BCUT2D eigenvalue weighted by Gasteiger charge is -2.27. The maximum Gasteiger partial charge on any atom is 0.194 e. The Kier molecular flexibility index (Phi) is 9.88. The molecule has 2 rings (SSSR count). The van der Waals surface area contributed by atoms with Crippen LogP contribution in [-0.2, 0) is 6.54 Å². The monoisotopic (exact) mass is 473 g/mol. The molecule has 1 aromatic carbocycles. The average Bonchev–Trinajstić information content (AvgIpc) is 3.10. The molecule has 0 bridgehead atoms. The van der Waals surface area contributed by atoms with Gasteiger partial charge in [-0.2, -0.15) is 5.26 Å². The summed E-state index contributed by atoms with van der Waals surface area (Å²) in [5.74, 6) is 0.460. The molecule has 0 saturated carbocycles. The molecule has 26 heavy (non-hydrogen) atoms. The second-order valence-electron chi connectivity index (χ2n) is 6.20. The van der Waals surface area contributed by atoms with Crippen LogP contribution in [0.5, 0.6) is 0 Å². The molecule has 5 nitrogen and oxygen atoms in total. The van der Waals surface area contributed by atoms with Crippen LogP contribution in [-0.4, -0.2) is 54.5 Å². The molecule has 0 aromatic heterocycles. The van der Waals surface area contributed by atoms with Crippen LogP contribution in [0.4, 0.5) is 4.39 Å². The number of halogens is 2. The Labute approximate surface area is 173 Å². The van der Waals surface area contributed by atoms with Crippen molar-refractivity contribution in [3.05, 3.63) is 35.1 Å². The fourth-order valence-corrected chi connectivity index (χ4v) is 3.30. The second-order valence-corrected chi connectivity index (χ2v) is 6.20. The topological polar surface area (TPSA) is 54.7 Å². The largest absolute Gasteiger partial charge is 0.357 e. The van der Waals surface area contributed by atoms with E-state index in [0.717, 1.165) is 45.1 Å². The van der Waals surface area contributed by atoms with Gasteiger partial charge in [0.05, 0.1) is 18.2 Å². The molecule has 0 aliphatic carbocycles. The van der Waals surface area contributed by atoms with Crippen LogP contribution < -0.4 is 5.32 Å². The zero-order valence-corrected chi connectivity index (χ0v) is 18.2. The molecule has 1 atom stereocenters. The van der Waals surface area contributed by atoms with E-state index in [4.69, 9.17) is 5.26 Å². The average molecular weight is 473 g/mol. The maximum absolute atomic E-state index is 14.0. The van der Waals surface area contributed by atoms with Gasteiger partial charge in [-0.05, 0) is 38.6 Å². The van der Waals surface area contributed by atoms with Gasteiger partial charge in [-0.3, -0.25) is 4.90 Å². The Bertz CT molecular complexity index is 639. The van der Waals surface area contributed by atoms with Crippen LogP contribution in [0.15, 0.2) is 23.2 Å². The van der Waals surface area contributed by atoms with Gasteiger partial charge in [0, 0.05) is 31.2 Å². The Morgan fingerprint density at radius 1 is 1.38 bits per heavy atom. The van der Waals surface area contributed by atoms with E-state index in [9.17, 15) is 4.39 Å². The molecule has 1 heterocycles. The van der Waals surface area contributed by atoms with Crippen LogP contribution in [0.1, 0.15) is 38.3 Å². The Hall–Kier alpha value is -1.40. The summed E-state index contributed by atoms with van der Waals surface area (Å²) in [4.78, 5) is 9.35. The molecule has 1 aromatic rings. The quantitative estimate of drug-likeness (QED) is 0.392. The van der Waals surface area contributed by atoms with Crippen molar-refractivity contribution in [2.75, 3.05) is 32.7 Å². The highest BCUT2D eigenvalue weighted by Gasteiger charge is 2.27. The number of benzene rings is 1. The molecule has 1 N–H and O–H groups in total. The van der Waals surface area contributed by atoms with E-state index < -0.39 is 0 Å². The van der Waals surface area contributed by atoms with Crippen LogP contribution in [0.25, 0.3) is 0 Å². The number of rotatable bonds is 6. The van der Waals surface area contributed by atoms with E-state index in [1.165, 1.54) is 6.07 Å². The Morgan fingerprint density at radius 3 is 2.69 bits per heavy atom. The van der Waals surface area contributed by atoms with E-state index in [-0.39, 0.29) is 36.3 Å². The predicted molar refractivity (Wildman–Crippen MR) is 114 cm³/mol. The molecule has 0 spiro atoms. The summed E-state index contributed by atoms with van der Waals surface area (Å²) in [6, 6.07) is 7.04. The predicted octanol–water partition coefficient (Wildman–Crippen LogP) is 3.20. The number of guanidine groups is 1. The third-order valence-corrected chi connectivity index (χ3v) is 4.71. The van der Waals surface area contributed by atoms with Gasteiger partial charge in [-0.15, -0.1) is 24.0 Å². The SMILES string of the molecule is CCNC(=NCc1ccc(C#N)cc1F)N1CCC(N(CC)CC)C1.I. The van der Waals surface area contributed by atoms with Gasteiger partial charge in [-0.1, -0.05) is 19.9 Å². The van der Waals surface area contributed by atoms with Gasteiger partial charge in [0.25, 0.3) is 0 Å². The van der Waals surface area contributed by atoms with E-state index in [1.807, 2.05) is 13.0 Å². The highest BCUT2D eigenvalue weighted by atomic mass is 127. The molecular formula is C19H29FIN5. The summed E-state index contributed by atoms with van der Waals surface area (Å²) in [7, 11) is 0. The first kappa shape index (κ1) is 22.6. The van der Waals surface area contributed by atoms with Gasteiger partial charge in [-0.25, -0.2) is 9.38 Å². The van der Waals surface area contributed by atoms with Crippen LogP contribution in [0, 0.1) is 17.1 Å². The summed E-state index contributed by atoms with van der Waals surface area (Å²) in [5.41, 5.74) is 0.840. The zero-order chi connectivity index (χ0) is 18.2. The number of likely N-dealkylation sites (tertiary alicyclic amines) is 1. The van der Waals surface area contributed by atoms with Crippen molar-refractivity contribution < 1.29 is 4.39 Å². The molecule has 144 valence electrons. The van der Waals surface area contributed by atoms with E-state index in [2.05, 4.69) is 34.0 Å². The van der Waals surface area contributed by atoms with Crippen LogP contribution in [0.3, 0.4) is 0 Å². The van der Waals surface area contributed by atoms with Crippen molar-refractivity contribution in [1.29, 1.82) is 5.26 Å². The summed E-state index contributed by atoms with van der Waals surface area (Å²) in [6.45, 7) is 11.5. The number of hydrogen-bond donors (Lipinski definition) is 1. The maximum atomic E-state index is 14.0. The molecule has 1 aliphatic rings. The molecule has 1 aliphatic heterocycles. The Balaban J connectivity index is 0.00000338. The van der Waals surface area contributed by atoms with Gasteiger partial charge in [0.1, 0.15) is 5.82 Å². The number of hydrogen-bond acceptors (Lipinski definition) is 3. The van der Waals surface area contributed by atoms with Gasteiger partial charge >= 0.3 is 0 Å². The normalized spacial score (nSPS) is 17.2. The number of nitrogens with zero attached hydrogens (tertiary/aromatic N) is 4. The first-order chi connectivity index (χ1) is 12.1. The highest BCUT2D eigenvalue weighted by molar-refractivity contribution is 14.0. The fourth-order valence-electron chi connectivity index (χ4n) is 3.30. The minimum absolute atomic E-state index is 0. The third-order valence-electron chi connectivity index (χ3n) is 4.71. The molecule has 0 amide bonds. The number of likely N-dealkylation sites (N-methyl/N-ethyl adjacent to an activating group) is 1. The van der Waals surface area contributed by atoms with E-state index >= 15 is 0 Å². The van der Waals surface area contributed by atoms with Crippen molar-refractivity contribution >= 4 is 29.9 Å². The second kappa shape index (κ2) is 11.3. The molecule has 1 saturated heterocycles. The number of nitrogens with one attached hydrogen (secondary N) is 1. The van der Waals surface area contributed by atoms with Gasteiger partial charge < -0.3 is 10.2 Å². The summed E-state index contributed by atoms with van der Waals surface area (Å²) in [5, 5.41) is 12.1. The molecule has 7 heteroatoms. The van der Waals surface area contributed by atoms with E-state index in [0.29, 0.717) is 17.2 Å². The van der Waals surface area contributed by atoms with Crippen LogP contribution >= 0.6 is 24.0 Å². The Morgan fingerprint density at radius 2 is 2.12 bits per heavy atom. The van der Waals surface area contributed by atoms with Gasteiger partial charge in [0.2, 0.25) is 0 Å². The lowest BCUT2D eigenvalue weighted by atomic mass is 10.1. The smallest absolute Gasteiger partial charge is 0.194 e. The van der Waals surface area contributed by atoms with Crippen molar-refractivity contribution in [2.24, 2.45) is 4.99 Å². The fraction of sp³-hybridized carbons (Fsp3) is 0.579. The minimum Gasteiger partial charge on any atom is -0.357 e. The van der Waals surface area contributed by atoms with E-state index in [1.54, 1.807) is 12.1 Å². The molecule has 1 fully saturated rings. The van der Waals surface area contributed by atoms with Crippen molar-refractivity contribution in [2.45, 2.75) is 39.8 Å². The lowest BCUT2D eigenvalue weighted by Crippen LogP contribution is -2.43. The molecular weight excluding hydrogens is 444 g/mol. The summed E-state index contributed by atoms with van der Waals surface area (Å²) in [6.07, 6.45) is 1.12.